The van der Waals surface area contributed by atoms with Crippen molar-refractivity contribution in [2.45, 2.75) is 77.7 Å². The van der Waals surface area contributed by atoms with E-state index in [4.69, 9.17) is 10.5 Å². The van der Waals surface area contributed by atoms with Crippen molar-refractivity contribution in [2.24, 2.45) is 5.73 Å². The van der Waals surface area contributed by atoms with Crippen molar-refractivity contribution in [2.75, 3.05) is 19.7 Å². The minimum absolute atomic E-state index is 0.0548. The fourth-order valence-corrected chi connectivity index (χ4v) is 2.65. The minimum Gasteiger partial charge on any atom is -0.368 e. The summed E-state index contributed by atoms with van der Waals surface area (Å²) in [5, 5.41) is 2.78. The Morgan fingerprint density at radius 2 is 1.37 bits per heavy atom. The van der Waals surface area contributed by atoms with E-state index in [2.05, 4.69) is 73.0 Å². The first-order valence-corrected chi connectivity index (χ1v) is 11.6. The highest BCUT2D eigenvalue weighted by atomic mass is 16.5. The molecule has 1 amide bonds. The van der Waals surface area contributed by atoms with E-state index >= 15 is 0 Å². The Hall–Kier alpha value is -1.91. The molecular weight excluding hydrogens is 372 g/mol. The van der Waals surface area contributed by atoms with Gasteiger partial charge in [-0.25, -0.2) is 0 Å². The average Bonchev–Trinajstić information content (AvgIpc) is 2.76. The number of hydrogen-bond acceptors (Lipinski definition) is 3. The molecule has 4 nitrogen and oxygen atoms in total. The molecule has 0 aromatic carbocycles. The van der Waals surface area contributed by atoms with E-state index in [0.29, 0.717) is 26.1 Å². The summed E-state index contributed by atoms with van der Waals surface area (Å²) < 4.78 is 5.68. The van der Waals surface area contributed by atoms with Crippen LogP contribution in [0.25, 0.3) is 0 Å². The summed E-state index contributed by atoms with van der Waals surface area (Å²) in [5.41, 5.74) is 5.40. The van der Waals surface area contributed by atoms with E-state index in [1.54, 1.807) is 0 Å². The van der Waals surface area contributed by atoms with Crippen molar-refractivity contribution in [1.82, 2.24) is 5.32 Å². The maximum Gasteiger partial charge on any atom is 0.249 e. The number of amides is 1. The Labute approximate surface area is 185 Å². The molecule has 0 radical (unpaired) electrons. The molecule has 0 saturated heterocycles. The van der Waals surface area contributed by atoms with Crippen molar-refractivity contribution in [1.29, 1.82) is 0 Å². The molecule has 0 rings (SSSR count). The quantitative estimate of drug-likeness (QED) is 0.207. The summed E-state index contributed by atoms with van der Waals surface area (Å²) in [7, 11) is 0. The van der Waals surface area contributed by atoms with E-state index < -0.39 is 0 Å². The third-order valence-corrected chi connectivity index (χ3v) is 4.35. The van der Waals surface area contributed by atoms with E-state index in [9.17, 15) is 4.79 Å². The van der Waals surface area contributed by atoms with E-state index in [0.717, 1.165) is 51.4 Å². The van der Waals surface area contributed by atoms with Crippen molar-refractivity contribution in [3.63, 3.8) is 0 Å². The van der Waals surface area contributed by atoms with Gasteiger partial charge in [0.1, 0.15) is 6.10 Å². The second kappa shape index (κ2) is 23.4. The third kappa shape index (κ3) is 19.4. The maximum atomic E-state index is 11.8. The molecule has 0 spiro atoms. The summed E-state index contributed by atoms with van der Waals surface area (Å²) in [6.07, 6.45) is 30.7. The number of rotatable bonds is 19. The summed E-state index contributed by atoms with van der Waals surface area (Å²) in [5.74, 6) is -0.0548. The fraction of sp³-hybridized carbons (Fsp3) is 0.577. The molecule has 3 N–H and O–H groups in total. The Morgan fingerprint density at radius 3 is 1.87 bits per heavy atom. The second-order valence-electron chi connectivity index (χ2n) is 7.05. The molecule has 0 saturated carbocycles. The number of carbonyl (C=O) groups is 1. The first-order chi connectivity index (χ1) is 14.8. The van der Waals surface area contributed by atoms with Gasteiger partial charge in [0.2, 0.25) is 5.91 Å². The molecule has 1 unspecified atom stereocenters. The highest BCUT2D eigenvalue weighted by molar-refractivity contribution is 5.80. The summed E-state index contributed by atoms with van der Waals surface area (Å²) >= 11 is 0. The normalized spacial score (nSPS) is 13.6. The van der Waals surface area contributed by atoms with Gasteiger partial charge in [0.05, 0.1) is 0 Å². The van der Waals surface area contributed by atoms with Crippen LogP contribution in [0.5, 0.6) is 0 Å². The topological polar surface area (TPSA) is 64.3 Å². The summed E-state index contributed by atoms with van der Waals surface area (Å²) in [6.45, 7) is 5.70. The highest BCUT2D eigenvalue weighted by Crippen LogP contribution is 2.03. The zero-order valence-electron chi connectivity index (χ0n) is 19.2. The van der Waals surface area contributed by atoms with Gasteiger partial charge >= 0.3 is 0 Å². The molecule has 0 aromatic heterocycles. The number of carbonyl (C=O) groups excluding carboxylic acids is 1. The van der Waals surface area contributed by atoms with Gasteiger partial charge in [0, 0.05) is 19.7 Å². The first-order valence-electron chi connectivity index (χ1n) is 11.6. The van der Waals surface area contributed by atoms with Crippen LogP contribution >= 0.6 is 0 Å². The molecule has 0 aliphatic carbocycles. The standard InChI is InChI=1S/C26H44N2O2/c1-3-5-6-7-8-9-10-11-12-13-14-15-16-17-18-19-20-21-24-30-25(4-2)26(29)28-23-22-27/h5-6,8-9,11-12,14-15,17-18,25H,3-4,7,10,13,16,19-24,27H2,1-2H3,(H,28,29)/b6-5-,9-8-,12-11-,15-14-,18-17-. The molecule has 0 heterocycles. The lowest BCUT2D eigenvalue weighted by atomic mass is 10.2. The van der Waals surface area contributed by atoms with E-state index in [1.807, 2.05) is 6.92 Å². The maximum absolute atomic E-state index is 11.8. The SMILES string of the molecule is CC/C=C\C/C=C\C/C=C\C/C=C\C/C=C\CCCCOC(CC)C(=O)NCCN. The van der Waals surface area contributed by atoms with Gasteiger partial charge < -0.3 is 15.8 Å². The molecule has 0 fully saturated rings. The van der Waals surface area contributed by atoms with Crippen LogP contribution in [0, 0.1) is 0 Å². The van der Waals surface area contributed by atoms with Crippen LogP contribution in [0.2, 0.25) is 0 Å². The molecule has 4 heteroatoms. The second-order valence-corrected chi connectivity index (χ2v) is 7.05. The Bertz CT molecular complexity index is 533. The predicted molar refractivity (Wildman–Crippen MR) is 130 cm³/mol. The Kier molecular flexibility index (Phi) is 21.9. The van der Waals surface area contributed by atoms with Crippen LogP contribution in [0.1, 0.15) is 71.6 Å². The Balaban J connectivity index is 3.60. The first kappa shape index (κ1) is 28.1. The molecule has 0 bridgehead atoms. The minimum atomic E-state index is -0.356. The van der Waals surface area contributed by atoms with Gasteiger partial charge in [0.15, 0.2) is 0 Å². The highest BCUT2D eigenvalue weighted by Gasteiger charge is 2.15. The van der Waals surface area contributed by atoms with Gasteiger partial charge in [-0.2, -0.15) is 0 Å². The molecule has 30 heavy (non-hydrogen) atoms. The lowest BCUT2D eigenvalue weighted by molar-refractivity contribution is -0.133. The predicted octanol–water partition coefficient (Wildman–Crippen LogP) is 5.78. The molecular formula is C26H44N2O2. The van der Waals surface area contributed by atoms with Crippen molar-refractivity contribution < 1.29 is 9.53 Å². The van der Waals surface area contributed by atoms with Crippen molar-refractivity contribution in [3.8, 4) is 0 Å². The number of nitrogens with one attached hydrogen (secondary N) is 1. The van der Waals surface area contributed by atoms with Crippen LogP contribution in [0.4, 0.5) is 0 Å². The Morgan fingerprint density at radius 1 is 0.833 bits per heavy atom. The number of hydrogen-bond donors (Lipinski definition) is 2. The van der Waals surface area contributed by atoms with Crippen LogP contribution in [0.15, 0.2) is 60.8 Å². The van der Waals surface area contributed by atoms with E-state index in [-0.39, 0.29) is 12.0 Å². The van der Waals surface area contributed by atoms with E-state index in [1.165, 1.54) is 0 Å². The van der Waals surface area contributed by atoms with Gasteiger partial charge in [-0.1, -0.05) is 74.6 Å². The van der Waals surface area contributed by atoms with Crippen LogP contribution < -0.4 is 11.1 Å². The zero-order valence-corrected chi connectivity index (χ0v) is 19.2. The van der Waals surface area contributed by atoms with Crippen LogP contribution in [-0.4, -0.2) is 31.7 Å². The smallest absolute Gasteiger partial charge is 0.249 e. The van der Waals surface area contributed by atoms with Crippen LogP contribution in [-0.2, 0) is 9.53 Å². The number of ether oxygens (including phenoxy) is 1. The molecule has 1 atom stereocenters. The largest absolute Gasteiger partial charge is 0.368 e. The molecule has 0 aliphatic heterocycles. The number of unbranched alkanes of at least 4 members (excludes halogenated alkanes) is 2. The lowest BCUT2D eigenvalue weighted by Gasteiger charge is -2.15. The van der Waals surface area contributed by atoms with Gasteiger partial charge in [-0.3, -0.25) is 4.79 Å². The van der Waals surface area contributed by atoms with Crippen LogP contribution in [0.3, 0.4) is 0 Å². The molecule has 170 valence electrons. The average molecular weight is 417 g/mol. The third-order valence-electron chi connectivity index (χ3n) is 4.35. The molecule has 0 aliphatic rings. The van der Waals surface area contributed by atoms with Gasteiger partial charge in [-0.05, 0) is 57.8 Å². The zero-order chi connectivity index (χ0) is 22.1. The lowest BCUT2D eigenvalue weighted by Crippen LogP contribution is -2.38. The summed E-state index contributed by atoms with van der Waals surface area (Å²) in [6, 6.07) is 0. The van der Waals surface area contributed by atoms with Crippen molar-refractivity contribution in [3.05, 3.63) is 60.8 Å². The van der Waals surface area contributed by atoms with Gasteiger partial charge in [0.25, 0.3) is 0 Å². The monoisotopic (exact) mass is 416 g/mol. The van der Waals surface area contributed by atoms with Gasteiger partial charge in [-0.15, -0.1) is 0 Å². The molecule has 0 aromatic rings. The number of nitrogens with two attached hydrogens (primary N) is 1. The van der Waals surface area contributed by atoms with Crippen molar-refractivity contribution >= 4 is 5.91 Å². The fourth-order valence-electron chi connectivity index (χ4n) is 2.65. The summed E-state index contributed by atoms with van der Waals surface area (Å²) in [4.78, 5) is 11.8. The number of allylic oxidation sites excluding steroid dienone is 10.